The average Bonchev–Trinajstić information content (AvgIpc) is 2.10. The lowest BCUT2D eigenvalue weighted by atomic mass is 10.1. The van der Waals surface area contributed by atoms with Crippen LogP contribution in [0.25, 0.3) is 0 Å². The Labute approximate surface area is 79.4 Å². The van der Waals surface area contributed by atoms with Crippen molar-refractivity contribution in [3.05, 3.63) is 0 Å². The summed E-state index contributed by atoms with van der Waals surface area (Å²) in [5, 5.41) is 0. The standard InChI is InChI=1S/C10H22OSi/c11-9-7-5-3-1-2-4-6-8-10-12/h9H,1-8,10H2,12H3. The largest absolute Gasteiger partial charge is 0.303 e. The highest BCUT2D eigenvalue weighted by molar-refractivity contribution is 6.08. The molecule has 2 heteroatoms. The first-order chi connectivity index (χ1) is 5.91. The summed E-state index contributed by atoms with van der Waals surface area (Å²) in [5.74, 6) is 0. The van der Waals surface area contributed by atoms with Gasteiger partial charge in [0, 0.05) is 16.7 Å². The molecule has 0 bridgehead atoms. The first kappa shape index (κ1) is 11.9. The van der Waals surface area contributed by atoms with Gasteiger partial charge >= 0.3 is 0 Å². The van der Waals surface area contributed by atoms with E-state index in [-0.39, 0.29) is 0 Å². The zero-order chi connectivity index (χ0) is 9.07. The summed E-state index contributed by atoms with van der Waals surface area (Å²) in [7, 11) is 1.37. The molecule has 1 nitrogen and oxygen atoms in total. The maximum Gasteiger partial charge on any atom is 0.119 e. The van der Waals surface area contributed by atoms with Crippen LogP contribution < -0.4 is 0 Å². The molecule has 0 atom stereocenters. The van der Waals surface area contributed by atoms with E-state index in [1.807, 2.05) is 0 Å². The summed E-state index contributed by atoms with van der Waals surface area (Å²) in [4.78, 5) is 9.98. The molecule has 0 aliphatic rings. The second-order valence-corrected chi connectivity index (χ2v) is 4.43. The SMILES string of the molecule is O=CCCCCCCCCC[SiH3]. The van der Waals surface area contributed by atoms with E-state index in [0.717, 1.165) is 19.1 Å². The van der Waals surface area contributed by atoms with Crippen LogP contribution in [-0.2, 0) is 4.79 Å². The smallest absolute Gasteiger partial charge is 0.119 e. The van der Waals surface area contributed by atoms with Crippen molar-refractivity contribution in [2.45, 2.75) is 57.4 Å². The van der Waals surface area contributed by atoms with E-state index in [0.29, 0.717) is 0 Å². The molecule has 0 amide bonds. The van der Waals surface area contributed by atoms with E-state index in [9.17, 15) is 4.79 Å². The van der Waals surface area contributed by atoms with Crippen LogP contribution in [0.2, 0.25) is 6.04 Å². The normalized spacial score (nSPS) is 10.3. The molecule has 0 aliphatic heterocycles. The van der Waals surface area contributed by atoms with E-state index in [1.54, 1.807) is 0 Å². The Morgan fingerprint density at radius 1 is 0.833 bits per heavy atom. The lowest BCUT2D eigenvalue weighted by Gasteiger charge is -1.98. The Kier molecular flexibility index (Phi) is 10.8. The van der Waals surface area contributed by atoms with Gasteiger partial charge < -0.3 is 4.79 Å². The van der Waals surface area contributed by atoms with Crippen molar-refractivity contribution in [3.63, 3.8) is 0 Å². The second kappa shape index (κ2) is 10.9. The van der Waals surface area contributed by atoms with Gasteiger partial charge in [0.05, 0.1) is 0 Å². The Bertz CT molecular complexity index is 93.8. The van der Waals surface area contributed by atoms with Gasteiger partial charge in [0.25, 0.3) is 0 Å². The fourth-order valence-electron chi connectivity index (χ4n) is 1.36. The van der Waals surface area contributed by atoms with Crippen molar-refractivity contribution in [3.8, 4) is 0 Å². The molecular weight excluding hydrogens is 164 g/mol. The first-order valence-corrected chi connectivity index (χ1v) is 6.77. The fourth-order valence-corrected chi connectivity index (χ4v) is 1.86. The molecule has 0 aromatic heterocycles. The highest BCUT2D eigenvalue weighted by Crippen LogP contribution is 2.08. The molecule has 0 heterocycles. The van der Waals surface area contributed by atoms with Crippen molar-refractivity contribution in [1.29, 1.82) is 0 Å². The van der Waals surface area contributed by atoms with Gasteiger partial charge in [0.2, 0.25) is 0 Å². The van der Waals surface area contributed by atoms with Crippen molar-refractivity contribution in [2.24, 2.45) is 0 Å². The zero-order valence-corrected chi connectivity index (χ0v) is 10.3. The number of carbonyl (C=O) groups is 1. The van der Waals surface area contributed by atoms with Gasteiger partial charge in [0.1, 0.15) is 6.29 Å². The predicted octanol–water partition coefficient (Wildman–Crippen LogP) is 2.09. The molecule has 12 heavy (non-hydrogen) atoms. The van der Waals surface area contributed by atoms with Gasteiger partial charge in [-0.05, 0) is 6.42 Å². The Morgan fingerprint density at radius 3 is 1.83 bits per heavy atom. The van der Waals surface area contributed by atoms with Crippen LogP contribution in [-0.4, -0.2) is 16.5 Å². The summed E-state index contributed by atoms with van der Waals surface area (Å²) in [6.07, 6.45) is 11.1. The minimum Gasteiger partial charge on any atom is -0.303 e. The molecule has 0 aliphatic carbocycles. The Morgan fingerprint density at radius 2 is 1.33 bits per heavy atom. The molecule has 0 aromatic rings. The van der Waals surface area contributed by atoms with E-state index in [2.05, 4.69) is 0 Å². The van der Waals surface area contributed by atoms with Crippen LogP contribution in [0.15, 0.2) is 0 Å². The van der Waals surface area contributed by atoms with Crippen LogP contribution >= 0.6 is 0 Å². The number of aldehydes is 1. The predicted molar refractivity (Wildman–Crippen MR) is 57.7 cm³/mol. The van der Waals surface area contributed by atoms with Gasteiger partial charge in [-0.2, -0.15) is 0 Å². The van der Waals surface area contributed by atoms with Crippen LogP contribution in [0, 0.1) is 0 Å². The minimum atomic E-state index is 0.764. The highest BCUT2D eigenvalue weighted by Gasteiger charge is 1.90. The Hall–Kier alpha value is -0.113. The maximum atomic E-state index is 9.98. The van der Waals surface area contributed by atoms with Crippen LogP contribution in [0.5, 0.6) is 0 Å². The second-order valence-electron chi connectivity index (χ2n) is 3.43. The zero-order valence-electron chi connectivity index (χ0n) is 8.35. The topological polar surface area (TPSA) is 17.1 Å². The number of unbranched alkanes of at least 4 members (excludes halogenated alkanes) is 7. The molecule has 0 rings (SSSR count). The van der Waals surface area contributed by atoms with E-state index in [4.69, 9.17) is 0 Å². The molecule has 0 fully saturated rings. The summed E-state index contributed by atoms with van der Waals surface area (Å²) >= 11 is 0. The summed E-state index contributed by atoms with van der Waals surface area (Å²) in [6, 6.07) is 1.46. The number of carbonyl (C=O) groups excluding carboxylic acids is 1. The van der Waals surface area contributed by atoms with Crippen molar-refractivity contribution >= 4 is 16.5 Å². The summed E-state index contributed by atoms with van der Waals surface area (Å²) in [6.45, 7) is 0. The number of hydrogen-bond donors (Lipinski definition) is 0. The third kappa shape index (κ3) is 9.89. The quantitative estimate of drug-likeness (QED) is 0.306. The minimum absolute atomic E-state index is 0.764. The van der Waals surface area contributed by atoms with Gasteiger partial charge in [-0.25, -0.2) is 0 Å². The average molecular weight is 186 g/mol. The monoisotopic (exact) mass is 186 g/mol. The molecule has 0 aromatic carbocycles. The number of hydrogen-bond acceptors (Lipinski definition) is 1. The molecule has 0 unspecified atom stereocenters. The molecular formula is C10H22OSi. The van der Waals surface area contributed by atoms with Gasteiger partial charge in [0.15, 0.2) is 0 Å². The highest BCUT2D eigenvalue weighted by atomic mass is 28.1. The third-order valence-electron chi connectivity index (χ3n) is 2.18. The lowest BCUT2D eigenvalue weighted by Crippen LogP contribution is -1.81. The fraction of sp³-hybridized carbons (Fsp3) is 0.900. The van der Waals surface area contributed by atoms with Crippen molar-refractivity contribution in [2.75, 3.05) is 0 Å². The van der Waals surface area contributed by atoms with Crippen LogP contribution in [0.1, 0.15) is 51.4 Å². The summed E-state index contributed by atoms with van der Waals surface area (Å²) < 4.78 is 0. The van der Waals surface area contributed by atoms with E-state index < -0.39 is 0 Å². The summed E-state index contributed by atoms with van der Waals surface area (Å²) in [5.41, 5.74) is 0. The van der Waals surface area contributed by atoms with Crippen molar-refractivity contribution in [1.82, 2.24) is 0 Å². The molecule has 0 saturated carbocycles. The van der Waals surface area contributed by atoms with Gasteiger partial charge in [-0.3, -0.25) is 0 Å². The van der Waals surface area contributed by atoms with Crippen LogP contribution in [0.3, 0.4) is 0 Å². The van der Waals surface area contributed by atoms with Gasteiger partial charge in [-0.1, -0.05) is 44.6 Å². The first-order valence-electron chi connectivity index (χ1n) is 5.35. The lowest BCUT2D eigenvalue weighted by molar-refractivity contribution is -0.107. The molecule has 0 spiro atoms. The third-order valence-corrected chi connectivity index (χ3v) is 2.88. The molecule has 72 valence electrons. The maximum absolute atomic E-state index is 9.98. The van der Waals surface area contributed by atoms with Gasteiger partial charge in [-0.15, -0.1) is 0 Å². The molecule has 0 radical (unpaired) electrons. The number of rotatable bonds is 9. The molecule has 0 saturated heterocycles. The Balaban J connectivity index is 2.77. The van der Waals surface area contributed by atoms with Crippen LogP contribution in [0.4, 0.5) is 0 Å². The van der Waals surface area contributed by atoms with E-state index >= 15 is 0 Å². The van der Waals surface area contributed by atoms with E-state index in [1.165, 1.54) is 54.8 Å². The van der Waals surface area contributed by atoms with Crippen molar-refractivity contribution < 1.29 is 4.79 Å². The molecule has 0 N–H and O–H groups in total.